The van der Waals surface area contributed by atoms with Crippen LogP contribution in [0.15, 0.2) is 35.0 Å². The Morgan fingerprint density at radius 2 is 2.18 bits per heavy atom. The third kappa shape index (κ3) is 2.91. The molecule has 0 aliphatic heterocycles. The van der Waals surface area contributed by atoms with Gasteiger partial charge in [0.1, 0.15) is 5.75 Å². The summed E-state index contributed by atoms with van der Waals surface area (Å²) in [6, 6.07) is 7.89. The summed E-state index contributed by atoms with van der Waals surface area (Å²) in [5.41, 5.74) is 8.93. The third-order valence-corrected chi connectivity index (χ3v) is 3.32. The van der Waals surface area contributed by atoms with E-state index < -0.39 is 0 Å². The predicted molar refractivity (Wildman–Crippen MR) is 73.8 cm³/mol. The average molecular weight is 248 g/mol. The molecule has 1 aromatic heterocycles. The number of nitrogen functional groups attached to an aromatic ring is 1. The van der Waals surface area contributed by atoms with Gasteiger partial charge >= 0.3 is 0 Å². The van der Waals surface area contributed by atoms with Crippen LogP contribution in [-0.4, -0.2) is 14.2 Å². The maximum atomic E-state index is 5.84. The van der Waals surface area contributed by atoms with Crippen molar-refractivity contribution in [3.63, 3.8) is 0 Å². The van der Waals surface area contributed by atoms with Gasteiger partial charge in [-0.05, 0) is 28.5 Å². The van der Waals surface area contributed by atoms with E-state index in [1.807, 2.05) is 25.2 Å². The Bertz CT molecular complexity index is 482. The maximum absolute atomic E-state index is 5.84. The molecule has 1 heterocycles. The molecule has 1 aromatic carbocycles. The van der Waals surface area contributed by atoms with Gasteiger partial charge in [0.15, 0.2) is 0 Å². The molecule has 0 aliphatic rings. The van der Waals surface area contributed by atoms with E-state index >= 15 is 0 Å². The van der Waals surface area contributed by atoms with Gasteiger partial charge in [0, 0.05) is 37.1 Å². The molecule has 0 spiro atoms. The molecule has 0 fully saturated rings. The van der Waals surface area contributed by atoms with Gasteiger partial charge in [0.05, 0.1) is 7.11 Å². The lowest BCUT2D eigenvalue weighted by Gasteiger charge is -2.20. The molecule has 0 saturated heterocycles. The van der Waals surface area contributed by atoms with E-state index in [9.17, 15) is 0 Å². The van der Waals surface area contributed by atoms with Crippen molar-refractivity contribution >= 4 is 22.7 Å². The lowest BCUT2D eigenvalue weighted by atomic mass is 10.2. The van der Waals surface area contributed by atoms with Crippen molar-refractivity contribution in [1.29, 1.82) is 0 Å². The van der Waals surface area contributed by atoms with Gasteiger partial charge in [-0.2, -0.15) is 11.3 Å². The van der Waals surface area contributed by atoms with Gasteiger partial charge < -0.3 is 15.4 Å². The van der Waals surface area contributed by atoms with Crippen molar-refractivity contribution in [2.24, 2.45) is 0 Å². The monoisotopic (exact) mass is 248 g/mol. The van der Waals surface area contributed by atoms with Crippen LogP contribution >= 0.6 is 11.3 Å². The van der Waals surface area contributed by atoms with E-state index in [0.717, 1.165) is 23.7 Å². The highest BCUT2D eigenvalue weighted by molar-refractivity contribution is 7.07. The Morgan fingerprint density at radius 1 is 1.35 bits per heavy atom. The number of nitrogens with two attached hydrogens (primary N) is 1. The number of methoxy groups -OCH3 is 1. The fourth-order valence-electron chi connectivity index (χ4n) is 1.69. The van der Waals surface area contributed by atoms with Crippen LogP contribution in [-0.2, 0) is 6.54 Å². The van der Waals surface area contributed by atoms with Crippen molar-refractivity contribution in [2.45, 2.75) is 6.54 Å². The van der Waals surface area contributed by atoms with Crippen LogP contribution in [0.3, 0.4) is 0 Å². The molecule has 0 radical (unpaired) electrons. The summed E-state index contributed by atoms with van der Waals surface area (Å²) in [7, 11) is 3.70. The van der Waals surface area contributed by atoms with Gasteiger partial charge in [-0.15, -0.1) is 0 Å². The summed E-state index contributed by atoms with van der Waals surface area (Å²) in [5.74, 6) is 0.789. The Morgan fingerprint density at radius 3 is 2.82 bits per heavy atom. The fourth-order valence-corrected chi connectivity index (χ4v) is 2.35. The minimum atomic E-state index is 0.719. The number of rotatable bonds is 4. The third-order valence-electron chi connectivity index (χ3n) is 2.59. The second kappa shape index (κ2) is 5.10. The Balaban J connectivity index is 2.18. The summed E-state index contributed by atoms with van der Waals surface area (Å²) in [5, 5.41) is 4.24. The minimum absolute atomic E-state index is 0.719. The molecule has 0 amide bonds. The standard InChI is InChI=1S/C13H16N2OS/c1-15(8-10-3-4-17-9-10)12-5-11(14)6-13(7-12)16-2/h3-7,9H,8,14H2,1-2H3. The number of nitrogens with zero attached hydrogens (tertiary/aromatic N) is 1. The van der Waals surface area contributed by atoms with Gasteiger partial charge in [-0.25, -0.2) is 0 Å². The summed E-state index contributed by atoms with van der Waals surface area (Å²) in [6.07, 6.45) is 0. The number of hydrogen-bond acceptors (Lipinski definition) is 4. The Labute approximate surface area is 105 Å². The summed E-state index contributed by atoms with van der Waals surface area (Å²) < 4.78 is 5.22. The molecule has 2 rings (SSSR count). The van der Waals surface area contributed by atoms with Crippen molar-refractivity contribution < 1.29 is 4.74 Å². The first-order valence-electron chi connectivity index (χ1n) is 5.36. The second-order valence-corrected chi connectivity index (χ2v) is 4.73. The molecule has 2 aromatic rings. The lowest BCUT2D eigenvalue weighted by Crippen LogP contribution is -2.16. The van der Waals surface area contributed by atoms with Crippen molar-refractivity contribution in [3.8, 4) is 5.75 Å². The quantitative estimate of drug-likeness (QED) is 0.845. The first-order chi connectivity index (χ1) is 8.19. The van der Waals surface area contributed by atoms with Crippen molar-refractivity contribution in [2.75, 3.05) is 24.8 Å². The molecule has 0 atom stereocenters. The molecular formula is C13H16N2OS. The largest absolute Gasteiger partial charge is 0.497 e. The molecule has 0 aliphatic carbocycles. The van der Waals surface area contributed by atoms with Crippen LogP contribution in [0.2, 0.25) is 0 Å². The van der Waals surface area contributed by atoms with Crippen LogP contribution < -0.4 is 15.4 Å². The van der Waals surface area contributed by atoms with E-state index in [1.54, 1.807) is 18.4 Å². The van der Waals surface area contributed by atoms with E-state index in [4.69, 9.17) is 10.5 Å². The van der Waals surface area contributed by atoms with Gasteiger partial charge in [0.25, 0.3) is 0 Å². The van der Waals surface area contributed by atoms with Crippen LogP contribution in [0.5, 0.6) is 5.75 Å². The zero-order valence-corrected chi connectivity index (χ0v) is 10.8. The minimum Gasteiger partial charge on any atom is -0.497 e. The normalized spacial score (nSPS) is 10.2. The molecule has 17 heavy (non-hydrogen) atoms. The SMILES string of the molecule is COc1cc(N)cc(N(C)Cc2ccsc2)c1. The summed E-state index contributed by atoms with van der Waals surface area (Å²) >= 11 is 1.71. The number of anilines is 2. The van der Waals surface area contributed by atoms with Crippen LogP contribution in [0.1, 0.15) is 5.56 Å². The Kier molecular flexibility index (Phi) is 3.54. The first-order valence-corrected chi connectivity index (χ1v) is 6.30. The predicted octanol–water partition coefficient (Wildman–Crippen LogP) is 2.98. The van der Waals surface area contributed by atoms with Crippen LogP contribution in [0.25, 0.3) is 0 Å². The molecule has 0 saturated carbocycles. The maximum Gasteiger partial charge on any atom is 0.122 e. The summed E-state index contributed by atoms with van der Waals surface area (Å²) in [4.78, 5) is 2.15. The summed E-state index contributed by atoms with van der Waals surface area (Å²) in [6.45, 7) is 0.871. The zero-order valence-electron chi connectivity index (χ0n) is 10.0. The molecule has 2 N–H and O–H groups in total. The molecule has 0 bridgehead atoms. The molecule has 3 nitrogen and oxygen atoms in total. The Hall–Kier alpha value is -1.68. The van der Waals surface area contributed by atoms with E-state index in [0.29, 0.717) is 0 Å². The lowest BCUT2D eigenvalue weighted by molar-refractivity contribution is 0.415. The van der Waals surface area contributed by atoms with E-state index in [2.05, 4.69) is 21.7 Å². The van der Waals surface area contributed by atoms with Crippen molar-refractivity contribution in [1.82, 2.24) is 0 Å². The topological polar surface area (TPSA) is 38.5 Å². The van der Waals surface area contributed by atoms with Gasteiger partial charge in [-0.1, -0.05) is 0 Å². The van der Waals surface area contributed by atoms with Crippen LogP contribution in [0.4, 0.5) is 11.4 Å². The second-order valence-electron chi connectivity index (χ2n) is 3.95. The first kappa shape index (κ1) is 11.8. The van der Waals surface area contributed by atoms with Gasteiger partial charge in [-0.3, -0.25) is 0 Å². The van der Waals surface area contributed by atoms with E-state index in [-0.39, 0.29) is 0 Å². The number of benzene rings is 1. The number of thiophene rings is 1. The molecule has 90 valence electrons. The van der Waals surface area contributed by atoms with Gasteiger partial charge in [0.2, 0.25) is 0 Å². The highest BCUT2D eigenvalue weighted by atomic mass is 32.1. The smallest absolute Gasteiger partial charge is 0.122 e. The number of hydrogen-bond donors (Lipinski definition) is 1. The number of ether oxygens (including phenoxy) is 1. The zero-order chi connectivity index (χ0) is 12.3. The molecular weight excluding hydrogens is 232 g/mol. The highest BCUT2D eigenvalue weighted by Crippen LogP contribution is 2.25. The molecule has 0 unspecified atom stereocenters. The van der Waals surface area contributed by atoms with Crippen molar-refractivity contribution in [3.05, 3.63) is 40.6 Å². The fraction of sp³-hybridized carbons (Fsp3) is 0.231. The van der Waals surface area contributed by atoms with E-state index in [1.165, 1.54) is 5.56 Å². The average Bonchev–Trinajstić information content (AvgIpc) is 2.81. The molecule has 4 heteroatoms. The van der Waals surface area contributed by atoms with Crippen LogP contribution in [0, 0.1) is 0 Å². The highest BCUT2D eigenvalue weighted by Gasteiger charge is 2.05.